The second kappa shape index (κ2) is 3.55. The van der Waals surface area contributed by atoms with Crippen LogP contribution >= 0.6 is 0 Å². The number of hydrogen-bond acceptors (Lipinski definition) is 2. The molecule has 8 heavy (non-hydrogen) atoms. The van der Waals surface area contributed by atoms with E-state index in [4.69, 9.17) is 9.16 Å². The van der Waals surface area contributed by atoms with Crippen LogP contribution in [-0.2, 0) is 9.16 Å². The third kappa shape index (κ3) is 3.74. The average molecular weight is 132 g/mol. The summed E-state index contributed by atoms with van der Waals surface area (Å²) in [5.41, 5.74) is 0. The van der Waals surface area contributed by atoms with Crippen LogP contribution in [0.15, 0.2) is 12.5 Å². The van der Waals surface area contributed by atoms with Gasteiger partial charge < -0.3 is 9.16 Å². The minimum atomic E-state index is 0.177. The Labute approximate surface area is 53.0 Å². The van der Waals surface area contributed by atoms with Crippen LogP contribution in [0.3, 0.4) is 0 Å². The van der Waals surface area contributed by atoms with Gasteiger partial charge in [0.1, 0.15) is 0 Å². The molecule has 0 spiro atoms. The van der Waals surface area contributed by atoms with Gasteiger partial charge in [0, 0.05) is 0 Å². The number of rotatable bonds is 3. The van der Waals surface area contributed by atoms with Gasteiger partial charge in [0.2, 0.25) is 10.5 Å². The normalized spacial score (nSPS) is 9.38. The lowest BCUT2D eigenvalue weighted by atomic mass is 10.5. The molecule has 0 saturated carbocycles. The monoisotopic (exact) mass is 132 g/mol. The van der Waals surface area contributed by atoms with Gasteiger partial charge in [-0.05, 0) is 20.4 Å². The predicted molar refractivity (Wildman–Crippen MR) is 36.4 cm³/mol. The van der Waals surface area contributed by atoms with Crippen molar-refractivity contribution in [3.05, 3.63) is 12.5 Å². The summed E-state index contributed by atoms with van der Waals surface area (Å²) in [6.07, 6.45) is 0.177. The van der Waals surface area contributed by atoms with Gasteiger partial charge in [-0.3, -0.25) is 0 Å². The lowest BCUT2D eigenvalue weighted by molar-refractivity contribution is 0.0693. The van der Waals surface area contributed by atoms with Crippen molar-refractivity contribution < 1.29 is 9.16 Å². The third-order valence-corrected chi connectivity index (χ3v) is 1.05. The van der Waals surface area contributed by atoms with Gasteiger partial charge in [0.25, 0.3) is 5.95 Å². The van der Waals surface area contributed by atoms with E-state index in [2.05, 4.69) is 6.58 Å². The van der Waals surface area contributed by atoms with Crippen LogP contribution < -0.4 is 0 Å². The van der Waals surface area contributed by atoms with Crippen LogP contribution in [0, 0.1) is 0 Å². The molecule has 0 N–H and O–H groups in total. The van der Waals surface area contributed by atoms with E-state index < -0.39 is 0 Å². The summed E-state index contributed by atoms with van der Waals surface area (Å²) < 4.78 is 9.80. The second-order valence-corrected chi connectivity index (χ2v) is 2.15. The molecule has 0 aliphatic rings. The van der Waals surface area contributed by atoms with Gasteiger partial charge in [-0.15, -0.1) is 0 Å². The summed E-state index contributed by atoms with van der Waals surface area (Å²) in [5, 5.41) is 0. The molecule has 0 aromatic heterocycles. The third-order valence-electron chi connectivity index (χ3n) is 0.595. The highest BCUT2D eigenvalue weighted by atomic mass is 28.2. The first-order valence-electron chi connectivity index (χ1n) is 2.56. The Bertz CT molecular complexity index is 80.5. The summed E-state index contributed by atoms with van der Waals surface area (Å²) in [7, 11) is 0.654. The van der Waals surface area contributed by atoms with Crippen LogP contribution in [0.2, 0.25) is 0 Å². The summed E-state index contributed by atoms with van der Waals surface area (Å²) in [5.74, 6) is 0.437. The number of hydrogen-bond donors (Lipinski definition) is 0. The zero-order chi connectivity index (χ0) is 6.57. The van der Waals surface area contributed by atoms with Crippen LogP contribution in [0.5, 0.6) is 0 Å². The zero-order valence-corrected chi connectivity index (χ0v) is 7.60. The Balaban J connectivity index is 3.25. The molecule has 0 atom stereocenters. The standard InChI is InChI=1S/C5H12O2Si/c1-4(2)6-5(3)7-8/h4H,3H2,1-2,8H3. The van der Waals surface area contributed by atoms with Crippen LogP contribution in [-0.4, -0.2) is 16.6 Å². The molecule has 48 valence electrons. The van der Waals surface area contributed by atoms with Crippen molar-refractivity contribution in [1.29, 1.82) is 0 Å². The minimum absolute atomic E-state index is 0.177. The highest BCUT2D eigenvalue weighted by Crippen LogP contribution is 1.97. The van der Waals surface area contributed by atoms with E-state index in [1.165, 1.54) is 0 Å². The van der Waals surface area contributed by atoms with E-state index in [0.717, 1.165) is 0 Å². The van der Waals surface area contributed by atoms with Gasteiger partial charge in [0.15, 0.2) is 0 Å². The molecule has 0 fully saturated rings. The van der Waals surface area contributed by atoms with E-state index in [9.17, 15) is 0 Å². The van der Waals surface area contributed by atoms with Crippen molar-refractivity contribution in [1.82, 2.24) is 0 Å². The Morgan fingerprint density at radius 2 is 2.12 bits per heavy atom. The van der Waals surface area contributed by atoms with Gasteiger partial charge >= 0.3 is 0 Å². The largest absolute Gasteiger partial charge is 0.529 e. The summed E-state index contributed by atoms with van der Waals surface area (Å²) in [6, 6.07) is 0. The summed E-state index contributed by atoms with van der Waals surface area (Å²) in [6.45, 7) is 7.38. The minimum Gasteiger partial charge on any atom is -0.529 e. The molecule has 0 unspecified atom stereocenters. The predicted octanol–water partition coefficient (Wildman–Crippen LogP) is 0.180. The molecule has 0 bridgehead atoms. The Hall–Kier alpha value is -0.443. The van der Waals surface area contributed by atoms with Crippen molar-refractivity contribution in [2.24, 2.45) is 0 Å². The molecule has 2 nitrogen and oxygen atoms in total. The van der Waals surface area contributed by atoms with Gasteiger partial charge in [-0.2, -0.15) is 0 Å². The molecular weight excluding hydrogens is 120 g/mol. The molecule has 0 aromatic carbocycles. The molecule has 0 radical (unpaired) electrons. The molecule has 0 amide bonds. The quantitative estimate of drug-likeness (QED) is 0.403. The van der Waals surface area contributed by atoms with Crippen molar-refractivity contribution in [2.45, 2.75) is 20.0 Å². The first kappa shape index (κ1) is 7.56. The first-order valence-corrected chi connectivity index (χ1v) is 3.38. The maximum absolute atomic E-state index is 5.02. The molecule has 0 aliphatic heterocycles. The van der Waals surface area contributed by atoms with Crippen LogP contribution in [0.25, 0.3) is 0 Å². The lowest BCUT2D eigenvalue weighted by Crippen LogP contribution is -2.02. The maximum Gasteiger partial charge on any atom is 0.257 e. The van der Waals surface area contributed by atoms with E-state index in [0.29, 0.717) is 16.4 Å². The van der Waals surface area contributed by atoms with Gasteiger partial charge in [-0.25, -0.2) is 0 Å². The second-order valence-electron chi connectivity index (χ2n) is 1.74. The van der Waals surface area contributed by atoms with Crippen LogP contribution in [0.4, 0.5) is 0 Å². The van der Waals surface area contributed by atoms with Gasteiger partial charge in [-0.1, -0.05) is 0 Å². The fourth-order valence-corrected chi connectivity index (χ4v) is 0.407. The van der Waals surface area contributed by atoms with E-state index >= 15 is 0 Å². The Morgan fingerprint density at radius 1 is 1.62 bits per heavy atom. The first-order chi connectivity index (χ1) is 3.66. The zero-order valence-electron chi connectivity index (χ0n) is 5.60. The van der Waals surface area contributed by atoms with Crippen molar-refractivity contribution >= 4 is 10.5 Å². The maximum atomic E-state index is 5.02. The Kier molecular flexibility index (Phi) is 3.35. The smallest absolute Gasteiger partial charge is 0.257 e. The van der Waals surface area contributed by atoms with E-state index in [1.54, 1.807) is 0 Å². The molecule has 0 rings (SSSR count). The fourth-order valence-electron chi connectivity index (χ4n) is 0.311. The fraction of sp³-hybridized carbons (Fsp3) is 0.600. The molecule has 0 aliphatic carbocycles. The highest BCUT2D eigenvalue weighted by Gasteiger charge is 1.93. The van der Waals surface area contributed by atoms with Crippen molar-refractivity contribution in [3.63, 3.8) is 0 Å². The molecular formula is C5H12O2Si. The number of ether oxygens (including phenoxy) is 1. The molecule has 0 heterocycles. The summed E-state index contributed by atoms with van der Waals surface area (Å²) in [4.78, 5) is 0. The average Bonchev–Trinajstić information content (AvgIpc) is 1.65. The van der Waals surface area contributed by atoms with E-state index in [-0.39, 0.29) is 6.10 Å². The van der Waals surface area contributed by atoms with Gasteiger partial charge in [0.05, 0.1) is 6.10 Å². The van der Waals surface area contributed by atoms with Crippen molar-refractivity contribution in [2.75, 3.05) is 0 Å². The summed E-state index contributed by atoms with van der Waals surface area (Å²) >= 11 is 0. The molecule has 0 aromatic rings. The highest BCUT2D eigenvalue weighted by molar-refractivity contribution is 5.98. The molecule has 3 heteroatoms. The van der Waals surface area contributed by atoms with E-state index in [1.807, 2.05) is 13.8 Å². The van der Waals surface area contributed by atoms with Crippen molar-refractivity contribution in [3.8, 4) is 0 Å². The SMILES string of the molecule is C=C(O[SiH3])OC(C)C. The topological polar surface area (TPSA) is 18.5 Å². The lowest BCUT2D eigenvalue weighted by Gasteiger charge is -2.09. The Morgan fingerprint density at radius 3 is 2.25 bits per heavy atom. The molecule has 0 saturated heterocycles. The van der Waals surface area contributed by atoms with Crippen LogP contribution in [0.1, 0.15) is 13.8 Å².